The molecular weight excluding hydrogens is 246 g/mol. The fourth-order valence-electron chi connectivity index (χ4n) is 3.99. The van der Waals surface area contributed by atoms with Crippen LogP contribution in [-0.4, -0.2) is 23.6 Å². The molecule has 2 unspecified atom stereocenters. The molecule has 2 heterocycles. The number of hydrogen-bond acceptors (Lipinski definition) is 3. The standard InChI is InChI=1S/C17H27N3/c1-13(18)11-14-8-9-17(19-12-14)20-10-4-7-16(20)15-5-2-3-6-15/h8-9,12-13,15-16H,2-7,10-11,18H2,1H3. The molecular formula is C17H27N3. The summed E-state index contributed by atoms with van der Waals surface area (Å²) < 4.78 is 0. The van der Waals surface area contributed by atoms with Crippen LogP contribution < -0.4 is 10.6 Å². The Morgan fingerprint density at radius 1 is 1.25 bits per heavy atom. The zero-order chi connectivity index (χ0) is 13.9. The predicted molar refractivity (Wildman–Crippen MR) is 83.9 cm³/mol. The molecule has 110 valence electrons. The zero-order valence-electron chi connectivity index (χ0n) is 12.6. The summed E-state index contributed by atoms with van der Waals surface area (Å²) in [5.41, 5.74) is 7.10. The number of aromatic nitrogens is 1. The van der Waals surface area contributed by atoms with Crippen molar-refractivity contribution in [3.05, 3.63) is 23.9 Å². The van der Waals surface area contributed by atoms with E-state index in [9.17, 15) is 0 Å². The molecule has 1 aromatic heterocycles. The topological polar surface area (TPSA) is 42.1 Å². The molecule has 2 aliphatic rings. The van der Waals surface area contributed by atoms with Crippen molar-refractivity contribution in [1.29, 1.82) is 0 Å². The van der Waals surface area contributed by atoms with E-state index in [4.69, 9.17) is 10.7 Å². The van der Waals surface area contributed by atoms with Gasteiger partial charge in [-0.15, -0.1) is 0 Å². The Morgan fingerprint density at radius 3 is 2.70 bits per heavy atom. The first kappa shape index (κ1) is 13.9. The molecule has 0 radical (unpaired) electrons. The summed E-state index contributed by atoms with van der Waals surface area (Å²) in [6.07, 6.45) is 11.3. The van der Waals surface area contributed by atoms with Crippen molar-refractivity contribution in [2.75, 3.05) is 11.4 Å². The Balaban J connectivity index is 1.70. The van der Waals surface area contributed by atoms with Crippen molar-refractivity contribution in [1.82, 2.24) is 4.98 Å². The smallest absolute Gasteiger partial charge is 0.128 e. The summed E-state index contributed by atoms with van der Waals surface area (Å²) in [5, 5.41) is 0. The minimum Gasteiger partial charge on any atom is -0.353 e. The minimum absolute atomic E-state index is 0.209. The molecule has 1 aromatic rings. The number of rotatable bonds is 4. The maximum atomic E-state index is 5.85. The van der Waals surface area contributed by atoms with E-state index in [0.717, 1.165) is 18.4 Å². The molecule has 0 spiro atoms. The van der Waals surface area contributed by atoms with Gasteiger partial charge in [-0.1, -0.05) is 18.9 Å². The average Bonchev–Trinajstić information content (AvgIpc) is 3.09. The molecule has 2 atom stereocenters. The van der Waals surface area contributed by atoms with Gasteiger partial charge in [-0.25, -0.2) is 4.98 Å². The van der Waals surface area contributed by atoms with Crippen molar-refractivity contribution in [2.24, 2.45) is 11.7 Å². The lowest BCUT2D eigenvalue weighted by Gasteiger charge is -2.30. The van der Waals surface area contributed by atoms with Crippen LogP contribution in [0.25, 0.3) is 0 Å². The van der Waals surface area contributed by atoms with Crippen molar-refractivity contribution in [3.63, 3.8) is 0 Å². The highest BCUT2D eigenvalue weighted by Gasteiger charge is 2.33. The largest absolute Gasteiger partial charge is 0.353 e. The van der Waals surface area contributed by atoms with E-state index >= 15 is 0 Å². The molecule has 0 amide bonds. The van der Waals surface area contributed by atoms with Crippen molar-refractivity contribution in [3.8, 4) is 0 Å². The Labute approximate surface area is 122 Å². The second-order valence-corrected chi connectivity index (χ2v) is 6.65. The molecule has 3 heteroatoms. The van der Waals surface area contributed by atoms with Crippen LogP contribution in [0.15, 0.2) is 18.3 Å². The Kier molecular flexibility index (Phi) is 4.25. The predicted octanol–water partition coefficient (Wildman–Crippen LogP) is 3.13. The minimum atomic E-state index is 0.209. The number of nitrogens with zero attached hydrogens (tertiary/aromatic N) is 2. The molecule has 1 saturated carbocycles. The van der Waals surface area contributed by atoms with Crippen LogP contribution in [0.1, 0.15) is 51.0 Å². The second-order valence-electron chi connectivity index (χ2n) is 6.65. The monoisotopic (exact) mass is 273 g/mol. The van der Waals surface area contributed by atoms with Crippen LogP contribution in [0.3, 0.4) is 0 Å². The third-order valence-corrected chi connectivity index (χ3v) is 4.90. The first-order valence-corrected chi connectivity index (χ1v) is 8.21. The average molecular weight is 273 g/mol. The van der Waals surface area contributed by atoms with Crippen LogP contribution in [-0.2, 0) is 6.42 Å². The van der Waals surface area contributed by atoms with E-state index in [2.05, 4.69) is 17.0 Å². The third kappa shape index (κ3) is 2.98. The first-order valence-electron chi connectivity index (χ1n) is 8.21. The fraction of sp³-hybridized carbons (Fsp3) is 0.706. The fourth-order valence-corrected chi connectivity index (χ4v) is 3.99. The first-order chi connectivity index (χ1) is 9.74. The molecule has 1 aliphatic carbocycles. The SMILES string of the molecule is CC(N)Cc1ccc(N2CCCC2C2CCCC2)nc1. The van der Waals surface area contributed by atoms with Crippen LogP contribution in [0.4, 0.5) is 5.82 Å². The molecule has 3 nitrogen and oxygen atoms in total. The van der Waals surface area contributed by atoms with E-state index < -0.39 is 0 Å². The maximum absolute atomic E-state index is 5.85. The molecule has 1 aliphatic heterocycles. The van der Waals surface area contributed by atoms with Gasteiger partial charge in [0.2, 0.25) is 0 Å². The highest BCUT2D eigenvalue weighted by molar-refractivity contribution is 5.42. The van der Waals surface area contributed by atoms with Gasteiger partial charge in [0.1, 0.15) is 5.82 Å². The summed E-state index contributed by atoms with van der Waals surface area (Å²) in [7, 11) is 0. The lowest BCUT2D eigenvalue weighted by atomic mass is 9.96. The van der Waals surface area contributed by atoms with Crippen LogP contribution in [0.2, 0.25) is 0 Å². The highest BCUT2D eigenvalue weighted by Crippen LogP contribution is 2.37. The Morgan fingerprint density at radius 2 is 2.05 bits per heavy atom. The van der Waals surface area contributed by atoms with Crippen LogP contribution in [0.5, 0.6) is 0 Å². The quantitative estimate of drug-likeness (QED) is 0.916. The summed E-state index contributed by atoms with van der Waals surface area (Å²) >= 11 is 0. The van der Waals surface area contributed by atoms with Gasteiger partial charge in [-0.2, -0.15) is 0 Å². The highest BCUT2D eigenvalue weighted by atomic mass is 15.2. The van der Waals surface area contributed by atoms with Gasteiger partial charge in [-0.05, 0) is 56.6 Å². The molecule has 2 N–H and O–H groups in total. The van der Waals surface area contributed by atoms with Crippen molar-refractivity contribution >= 4 is 5.82 Å². The van der Waals surface area contributed by atoms with Gasteiger partial charge < -0.3 is 10.6 Å². The molecule has 0 bridgehead atoms. The molecule has 20 heavy (non-hydrogen) atoms. The Bertz CT molecular complexity index is 420. The van der Waals surface area contributed by atoms with Crippen LogP contribution >= 0.6 is 0 Å². The van der Waals surface area contributed by atoms with E-state index in [0.29, 0.717) is 0 Å². The summed E-state index contributed by atoms with van der Waals surface area (Å²) in [4.78, 5) is 7.27. The van der Waals surface area contributed by atoms with E-state index in [1.807, 2.05) is 13.1 Å². The third-order valence-electron chi connectivity index (χ3n) is 4.90. The van der Waals surface area contributed by atoms with Gasteiger partial charge >= 0.3 is 0 Å². The van der Waals surface area contributed by atoms with Crippen LogP contribution in [0, 0.1) is 5.92 Å². The molecule has 3 rings (SSSR count). The molecule has 2 fully saturated rings. The number of pyridine rings is 1. The number of anilines is 1. The van der Waals surface area contributed by atoms with Crippen molar-refractivity contribution < 1.29 is 0 Å². The van der Waals surface area contributed by atoms with Crippen molar-refractivity contribution in [2.45, 2.75) is 64.0 Å². The van der Waals surface area contributed by atoms with Gasteiger partial charge in [-0.3, -0.25) is 0 Å². The molecule has 1 saturated heterocycles. The van der Waals surface area contributed by atoms with E-state index in [1.165, 1.54) is 56.5 Å². The van der Waals surface area contributed by atoms with E-state index in [-0.39, 0.29) is 6.04 Å². The number of hydrogen-bond donors (Lipinski definition) is 1. The molecule has 0 aromatic carbocycles. The van der Waals surface area contributed by atoms with Gasteiger partial charge in [0.05, 0.1) is 0 Å². The maximum Gasteiger partial charge on any atom is 0.128 e. The van der Waals surface area contributed by atoms with Gasteiger partial charge in [0.15, 0.2) is 0 Å². The van der Waals surface area contributed by atoms with Gasteiger partial charge in [0.25, 0.3) is 0 Å². The lowest BCUT2D eigenvalue weighted by Crippen LogP contribution is -2.35. The summed E-state index contributed by atoms with van der Waals surface area (Å²) in [5.74, 6) is 2.08. The normalized spacial score (nSPS) is 25.3. The summed E-state index contributed by atoms with van der Waals surface area (Å²) in [6, 6.07) is 5.35. The van der Waals surface area contributed by atoms with Gasteiger partial charge in [0, 0.05) is 24.8 Å². The second kappa shape index (κ2) is 6.13. The summed E-state index contributed by atoms with van der Waals surface area (Å²) in [6.45, 7) is 3.23. The Hall–Kier alpha value is -1.09. The van der Waals surface area contributed by atoms with E-state index in [1.54, 1.807) is 0 Å². The number of nitrogens with two attached hydrogens (primary N) is 1. The zero-order valence-corrected chi connectivity index (χ0v) is 12.6. The lowest BCUT2D eigenvalue weighted by molar-refractivity contribution is 0.429.